The van der Waals surface area contributed by atoms with Crippen molar-refractivity contribution in [3.05, 3.63) is 99.3 Å². The summed E-state index contributed by atoms with van der Waals surface area (Å²) < 4.78 is 39.8. The molecule has 4 atom stereocenters. The molecule has 268 valence electrons. The minimum absolute atomic E-state index is 0.0108. The van der Waals surface area contributed by atoms with Crippen LogP contribution in [0, 0.1) is 24.6 Å². The molecule has 0 spiro atoms. The van der Waals surface area contributed by atoms with E-state index in [9.17, 15) is 14.3 Å². The Kier molecular flexibility index (Phi) is 8.35. The van der Waals surface area contributed by atoms with Crippen LogP contribution in [-0.2, 0) is 17.5 Å². The Hall–Kier alpha value is -4.32. The maximum Gasteiger partial charge on any atom is 0.265 e. The zero-order valence-corrected chi connectivity index (χ0v) is 31.6. The number of halogens is 1. The molecule has 0 saturated carbocycles. The molecule has 1 N–H and O–H groups in total. The van der Waals surface area contributed by atoms with Gasteiger partial charge in [0.1, 0.15) is 29.5 Å². The first-order chi connectivity index (χ1) is 24.0. The number of benzene rings is 3. The van der Waals surface area contributed by atoms with Crippen molar-refractivity contribution in [2.45, 2.75) is 76.9 Å². The Labute approximate surface area is 298 Å². The zero-order chi connectivity index (χ0) is 36.8. The Morgan fingerprint density at radius 3 is 2.43 bits per heavy atom. The van der Waals surface area contributed by atoms with Crippen molar-refractivity contribution in [1.29, 1.82) is 0 Å². The van der Waals surface area contributed by atoms with Gasteiger partial charge in [0.25, 0.3) is 5.88 Å². The summed E-state index contributed by atoms with van der Waals surface area (Å²) in [5.74, 6) is -2.02. The van der Waals surface area contributed by atoms with Crippen molar-refractivity contribution in [2.24, 2.45) is 11.8 Å². The normalized spacial score (nSPS) is 23.2. The van der Waals surface area contributed by atoms with Gasteiger partial charge in [-0.25, -0.2) is 4.39 Å². The highest BCUT2D eigenvalue weighted by molar-refractivity contribution is 6.74. The van der Waals surface area contributed by atoms with Gasteiger partial charge in [-0.05, 0) is 97.8 Å². The van der Waals surface area contributed by atoms with Crippen molar-refractivity contribution in [1.82, 2.24) is 10.1 Å². The summed E-state index contributed by atoms with van der Waals surface area (Å²) in [5.41, 5.74) is 0.851. The Balaban J connectivity index is 1.47. The fourth-order valence-electron chi connectivity index (χ4n) is 8.25. The molecule has 0 amide bonds. The number of fused-ring (bicyclic) bond motifs is 5. The molecule has 0 unspecified atom stereocenters. The van der Waals surface area contributed by atoms with E-state index < -0.39 is 49.2 Å². The van der Waals surface area contributed by atoms with E-state index in [0.717, 1.165) is 5.56 Å². The van der Waals surface area contributed by atoms with Crippen LogP contribution in [0.1, 0.15) is 76.4 Å². The number of aliphatic hydroxyl groups excluding tert-OH is 1. The molecule has 0 bridgehead atoms. The maximum absolute atomic E-state index is 15.4. The van der Waals surface area contributed by atoms with Crippen LogP contribution in [0.5, 0.6) is 11.6 Å². The van der Waals surface area contributed by atoms with E-state index in [1.807, 2.05) is 62.4 Å². The summed E-state index contributed by atoms with van der Waals surface area (Å²) in [6, 6.07) is 13.4. The standard InChI is InChI=1S/C40H45FN2O7Si/c1-21-26-19-24(41)15-16-25(26)34(47-7)27-17-23-18-28-32(43(5)6)35-31(38(42-49-35)48-20-22-13-11-10-12-14-22)37(46)40(28,50-51(8,9)39(2,3)4)36(45)30(23)33(44)29(21)27/h10-16,19,23,28,32,45H,17-18,20H2,1-9H3/t23-,28-,32-,40-/m0/s1. The second kappa shape index (κ2) is 12.1. The number of hydrogen-bond acceptors (Lipinski definition) is 9. The monoisotopic (exact) mass is 712 g/mol. The highest BCUT2D eigenvalue weighted by atomic mass is 28.4. The molecule has 9 nitrogen and oxygen atoms in total. The highest BCUT2D eigenvalue weighted by Gasteiger charge is 2.67. The Morgan fingerprint density at radius 2 is 1.78 bits per heavy atom. The third-order valence-electron chi connectivity index (χ3n) is 11.7. The molecule has 3 aromatic carbocycles. The number of aryl methyl sites for hydroxylation is 1. The quantitative estimate of drug-likeness (QED) is 0.189. The third kappa shape index (κ3) is 5.18. The molecule has 11 heteroatoms. The third-order valence-corrected chi connectivity index (χ3v) is 16.1. The molecule has 3 aliphatic rings. The average molecular weight is 713 g/mol. The van der Waals surface area contributed by atoms with Gasteiger partial charge in [0.15, 0.2) is 25.5 Å². The average Bonchev–Trinajstić information content (AvgIpc) is 3.48. The van der Waals surface area contributed by atoms with E-state index in [-0.39, 0.29) is 34.4 Å². The molecule has 0 saturated heterocycles. The number of aromatic nitrogens is 1. The van der Waals surface area contributed by atoms with Gasteiger partial charge in [-0.1, -0.05) is 51.1 Å². The molecular formula is C40H45FN2O7Si. The van der Waals surface area contributed by atoms with Crippen molar-refractivity contribution in [3.8, 4) is 11.6 Å². The van der Waals surface area contributed by atoms with Gasteiger partial charge in [-0.2, -0.15) is 0 Å². The van der Waals surface area contributed by atoms with Crippen molar-refractivity contribution >= 4 is 30.7 Å². The van der Waals surface area contributed by atoms with Crippen molar-refractivity contribution in [3.63, 3.8) is 0 Å². The highest BCUT2D eigenvalue weighted by Crippen LogP contribution is 2.60. The Bertz CT molecular complexity index is 2120. The van der Waals surface area contributed by atoms with Crippen molar-refractivity contribution < 1.29 is 37.5 Å². The molecule has 3 aliphatic carbocycles. The molecule has 0 fully saturated rings. The van der Waals surface area contributed by atoms with Crippen LogP contribution in [0.4, 0.5) is 4.39 Å². The number of allylic oxidation sites excluding steroid dienone is 1. The first-order valence-corrected chi connectivity index (χ1v) is 20.3. The summed E-state index contributed by atoms with van der Waals surface area (Å²) >= 11 is 0. The molecule has 0 aliphatic heterocycles. The fourth-order valence-corrected chi connectivity index (χ4v) is 9.71. The summed E-state index contributed by atoms with van der Waals surface area (Å²) in [4.78, 5) is 32.3. The fraction of sp³-hybridized carbons (Fsp3) is 0.425. The maximum atomic E-state index is 15.4. The van der Waals surface area contributed by atoms with Crippen LogP contribution in [0.15, 0.2) is 64.4 Å². The number of methoxy groups -OCH3 is 1. The van der Waals surface area contributed by atoms with E-state index in [2.05, 4.69) is 25.9 Å². The number of rotatable bonds is 7. The van der Waals surface area contributed by atoms with Crippen LogP contribution in [-0.4, -0.2) is 61.9 Å². The second-order valence-corrected chi connectivity index (χ2v) is 20.6. The van der Waals surface area contributed by atoms with Gasteiger partial charge < -0.3 is 23.5 Å². The molecule has 0 radical (unpaired) electrons. The number of Topliss-reactive ketones (excluding diaryl/α,β-unsaturated/α-hetero) is 2. The lowest BCUT2D eigenvalue weighted by Gasteiger charge is -2.55. The van der Waals surface area contributed by atoms with Crippen molar-refractivity contribution in [2.75, 3.05) is 21.2 Å². The summed E-state index contributed by atoms with van der Waals surface area (Å²) in [6.07, 6.45) is 0.700. The van der Waals surface area contributed by atoms with Gasteiger partial charge in [-0.3, -0.25) is 14.5 Å². The predicted molar refractivity (Wildman–Crippen MR) is 194 cm³/mol. The number of ether oxygens (including phenoxy) is 2. The molecule has 51 heavy (non-hydrogen) atoms. The first kappa shape index (κ1) is 35.1. The van der Waals surface area contributed by atoms with Gasteiger partial charge in [0.05, 0.1) is 13.2 Å². The van der Waals surface area contributed by atoms with Crippen LogP contribution >= 0.6 is 0 Å². The lowest BCUT2D eigenvalue weighted by molar-refractivity contribution is -0.0480. The van der Waals surface area contributed by atoms with E-state index >= 15 is 4.79 Å². The lowest BCUT2D eigenvalue weighted by Crippen LogP contribution is -2.65. The first-order valence-electron chi connectivity index (χ1n) is 17.4. The molecular weight excluding hydrogens is 668 g/mol. The smallest absolute Gasteiger partial charge is 0.265 e. The lowest BCUT2D eigenvalue weighted by atomic mass is 9.58. The van der Waals surface area contributed by atoms with Gasteiger partial charge >= 0.3 is 0 Å². The number of hydrogen-bond donors (Lipinski definition) is 1. The zero-order valence-electron chi connectivity index (χ0n) is 30.6. The number of carbonyl (C=O) groups is 2. The van der Waals surface area contributed by atoms with Gasteiger partial charge in [0, 0.05) is 28.0 Å². The predicted octanol–water partition coefficient (Wildman–Crippen LogP) is 8.31. The minimum atomic E-state index is -2.86. The molecule has 7 rings (SSSR count). The largest absolute Gasteiger partial charge is 0.508 e. The summed E-state index contributed by atoms with van der Waals surface area (Å²) in [5, 5.41) is 18.0. The summed E-state index contributed by atoms with van der Waals surface area (Å²) in [7, 11) is 2.47. The van der Waals surface area contributed by atoms with E-state index in [1.54, 1.807) is 20.1 Å². The second-order valence-electron chi connectivity index (χ2n) is 15.9. The van der Waals surface area contributed by atoms with E-state index in [1.165, 1.54) is 12.1 Å². The van der Waals surface area contributed by atoms with E-state index in [0.29, 0.717) is 51.8 Å². The van der Waals surface area contributed by atoms with Crippen LogP contribution in [0.25, 0.3) is 10.8 Å². The number of ketones is 2. The SMILES string of the molecule is COc1c2c(c(C)c3cc(F)ccc13)C(=O)C1=C(O)[C@]3(O[Si](C)(C)C(C)(C)C)C(=O)c4c(OCc5ccccc5)noc4[C@@H](N(C)C)[C@@H]3C[C@@H]1C2. The van der Waals surface area contributed by atoms with Gasteiger partial charge in [-0.15, -0.1) is 0 Å². The van der Waals surface area contributed by atoms with Gasteiger partial charge in [0.2, 0.25) is 5.78 Å². The van der Waals surface area contributed by atoms with Crippen LogP contribution < -0.4 is 9.47 Å². The number of nitrogens with zero attached hydrogens (tertiary/aromatic N) is 2. The number of aliphatic hydroxyl groups is 1. The van der Waals surface area contributed by atoms with E-state index in [4.69, 9.17) is 18.4 Å². The molecule has 1 aromatic heterocycles. The topological polar surface area (TPSA) is 111 Å². The molecule has 1 heterocycles. The molecule has 4 aromatic rings. The Morgan fingerprint density at radius 1 is 1.08 bits per heavy atom. The summed E-state index contributed by atoms with van der Waals surface area (Å²) in [6.45, 7) is 12.2. The number of carbonyl (C=O) groups excluding carboxylic acids is 2. The minimum Gasteiger partial charge on any atom is -0.508 e. The van der Waals surface area contributed by atoms with Crippen LogP contribution in [0.3, 0.4) is 0 Å². The van der Waals surface area contributed by atoms with Crippen LogP contribution in [0.2, 0.25) is 18.1 Å².